The monoisotopic (exact) mass is 359 g/mol. The second kappa shape index (κ2) is 7.09. The third-order valence-electron chi connectivity index (χ3n) is 4.83. The van der Waals surface area contributed by atoms with Crippen LogP contribution in [0.25, 0.3) is 10.9 Å². The zero-order valence-corrected chi connectivity index (χ0v) is 14.8. The molecule has 4 rings (SSSR count). The first-order chi connectivity index (χ1) is 12.2. The van der Waals surface area contributed by atoms with Gasteiger partial charge in [0.15, 0.2) is 0 Å². The van der Waals surface area contributed by atoms with E-state index in [2.05, 4.69) is 17.1 Å². The number of hydrogen-bond donors (Lipinski definition) is 1. The molecule has 2 saturated heterocycles. The second-order valence-corrected chi connectivity index (χ2v) is 7.40. The number of benzene rings is 1. The minimum Gasteiger partial charge on any atom is -0.377 e. The summed E-state index contributed by atoms with van der Waals surface area (Å²) in [6, 6.07) is 8.18. The van der Waals surface area contributed by atoms with Crippen molar-refractivity contribution in [3.05, 3.63) is 36.0 Å². The molecule has 0 bridgehead atoms. The highest BCUT2D eigenvalue weighted by atomic mass is 32.2. The number of rotatable bonds is 4. The van der Waals surface area contributed by atoms with Gasteiger partial charge >= 0.3 is 0 Å². The van der Waals surface area contributed by atoms with Crippen LogP contribution >= 0.6 is 11.8 Å². The Morgan fingerprint density at radius 1 is 1.36 bits per heavy atom. The van der Waals surface area contributed by atoms with Crippen LogP contribution in [0.1, 0.15) is 5.56 Å². The Kier molecular flexibility index (Phi) is 4.67. The maximum atomic E-state index is 12.8. The number of hydrogen-bond acceptors (Lipinski definition) is 4. The first kappa shape index (κ1) is 16.5. The molecule has 7 heteroatoms. The van der Waals surface area contributed by atoms with Crippen molar-refractivity contribution >= 4 is 34.5 Å². The molecule has 0 spiro atoms. The highest BCUT2D eigenvalue weighted by Gasteiger charge is 2.31. The highest BCUT2D eigenvalue weighted by Crippen LogP contribution is 2.22. The Balaban J connectivity index is 1.49. The number of thioether (sulfide) groups is 1. The van der Waals surface area contributed by atoms with E-state index in [1.807, 2.05) is 23.2 Å². The predicted octanol–water partition coefficient (Wildman–Crippen LogP) is 1.47. The van der Waals surface area contributed by atoms with Gasteiger partial charge in [0.05, 0.1) is 30.9 Å². The predicted molar refractivity (Wildman–Crippen MR) is 97.4 cm³/mol. The number of H-pyrrole nitrogens is 1. The number of para-hydroxylation sites is 1. The summed E-state index contributed by atoms with van der Waals surface area (Å²) in [5.74, 6) is 1.17. The molecule has 1 N–H and O–H groups in total. The third kappa shape index (κ3) is 3.39. The molecule has 0 radical (unpaired) electrons. The first-order valence-corrected chi connectivity index (χ1v) is 9.65. The molecule has 2 aliphatic heterocycles. The summed E-state index contributed by atoms with van der Waals surface area (Å²) >= 11 is 1.56. The third-order valence-corrected chi connectivity index (χ3v) is 5.78. The van der Waals surface area contributed by atoms with Crippen molar-refractivity contribution in [3.63, 3.8) is 0 Å². The van der Waals surface area contributed by atoms with Crippen LogP contribution < -0.4 is 0 Å². The van der Waals surface area contributed by atoms with Gasteiger partial charge in [-0.1, -0.05) is 18.2 Å². The van der Waals surface area contributed by atoms with Crippen molar-refractivity contribution in [1.29, 1.82) is 0 Å². The van der Waals surface area contributed by atoms with Gasteiger partial charge in [-0.05, 0) is 18.1 Å². The van der Waals surface area contributed by atoms with Crippen molar-refractivity contribution in [2.45, 2.75) is 12.5 Å². The molecule has 25 heavy (non-hydrogen) atoms. The quantitative estimate of drug-likeness (QED) is 0.898. The van der Waals surface area contributed by atoms with Gasteiger partial charge in [0.2, 0.25) is 11.8 Å². The molecular formula is C18H21N3O3S. The van der Waals surface area contributed by atoms with Gasteiger partial charge in [0.25, 0.3) is 0 Å². The maximum absolute atomic E-state index is 12.8. The fraction of sp³-hybridized carbons (Fsp3) is 0.444. The van der Waals surface area contributed by atoms with Crippen LogP contribution in [0.15, 0.2) is 30.5 Å². The standard InChI is InChI=1S/C18H21N3O3S/c22-17(9-20-12-25-11-18(20)23)21-5-6-24-10-14(21)7-13-8-19-16-4-2-1-3-15(13)16/h1-4,8,14,19H,5-7,9-12H2. The van der Waals surface area contributed by atoms with Crippen LogP contribution in [0.2, 0.25) is 0 Å². The summed E-state index contributed by atoms with van der Waals surface area (Å²) in [5, 5.41) is 1.19. The molecule has 1 aromatic carbocycles. The van der Waals surface area contributed by atoms with Crippen LogP contribution in [-0.2, 0) is 20.7 Å². The summed E-state index contributed by atoms with van der Waals surface area (Å²) in [4.78, 5) is 31.4. The van der Waals surface area contributed by atoms with Gasteiger partial charge in [0, 0.05) is 23.6 Å². The normalized spacial score (nSPS) is 21.3. The van der Waals surface area contributed by atoms with E-state index in [9.17, 15) is 9.59 Å². The van der Waals surface area contributed by atoms with Gasteiger partial charge in [-0.3, -0.25) is 9.59 Å². The van der Waals surface area contributed by atoms with E-state index in [0.717, 1.165) is 11.9 Å². The number of aromatic amines is 1. The molecule has 2 fully saturated rings. The fourth-order valence-corrected chi connectivity index (χ4v) is 4.41. The van der Waals surface area contributed by atoms with Crippen molar-refractivity contribution in [1.82, 2.24) is 14.8 Å². The van der Waals surface area contributed by atoms with E-state index in [1.165, 1.54) is 10.9 Å². The van der Waals surface area contributed by atoms with Crippen LogP contribution in [0.3, 0.4) is 0 Å². The number of carbonyl (C=O) groups is 2. The molecule has 2 aliphatic rings. The average Bonchev–Trinajstić information content (AvgIpc) is 3.22. The fourth-order valence-electron chi connectivity index (χ4n) is 3.50. The molecule has 1 aromatic heterocycles. The largest absolute Gasteiger partial charge is 0.377 e. The van der Waals surface area contributed by atoms with Gasteiger partial charge in [-0.2, -0.15) is 0 Å². The second-order valence-electron chi connectivity index (χ2n) is 6.45. The SMILES string of the molecule is O=C1CSCN1CC(=O)N1CCOCC1Cc1c[nH]c2ccccc12. The summed E-state index contributed by atoms with van der Waals surface area (Å²) in [6.45, 7) is 1.85. The number of carbonyl (C=O) groups excluding carboxylic acids is 2. The van der Waals surface area contributed by atoms with E-state index in [-0.39, 0.29) is 24.4 Å². The Morgan fingerprint density at radius 2 is 2.24 bits per heavy atom. The van der Waals surface area contributed by atoms with E-state index in [4.69, 9.17) is 4.74 Å². The number of nitrogens with zero attached hydrogens (tertiary/aromatic N) is 2. The average molecular weight is 359 g/mol. The zero-order chi connectivity index (χ0) is 17.2. The van der Waals surface area contributed by atoms with Crippen LogP contribution in [0, 0.1) is 0 Å². The molecular weight excluding hydrogens is 338 g/mol. The Bertz CT molecular complexity index is 791. The maximum Gasteiger partial charge on any atom is 0.242 e. The topological polar surface area (TPSA) is 65.6 Å². The summed E-state index contributed by atoms with van der Waals surface area (Å²) < 4.78 is 5.63. The van der Waals surface area contributed by atoms with Gasteiger partial charge < -0.3 is 19.5 Å². The highest BCUT2D eigenvalue weighted by molar-refractivity contribution is 8.00. The number of amides is 2. The summed E-state index contributed by atoms with van der Waals surface area (Å²) in [6.07, 6.45) is 2.76. The molecule has 2 aromatic rings. The van der Waals surface area contributed by atoms with Crippen molar-refractivity contribution in [2.75, 3.05) is 37.9 Å². The molecule has 0 aliphatic carbocycles. The van der Waals surface area contributed by atoms with E-state index in [0.29, 0.717) is 31.4 Å². The van der Waals surface area contributed by atoms with E-state index in [1.54, 1.807) is 16.7 Å². The lowest BCUT2D eigenvalue weighted by molar-refractivity contribution is -0.144. The lowest BCUT2D eigenvalue weighted by atomic mass is 10.0. The number of aromatic nitrogens is 1. The molecule has 132 valence electrons. The Morgan fingerprint density at radius 3 is 3.08 bits per heavy atom. The molecule has 1 atom stereocenters. The number of fused-ring (bicyclic) bond motifs is 1. The van der Waals surface area contributed by atoms with E-state index < -0.39 is 0 Å². The van der Waals surface area contributed by atoms with Crippen molar-refractivity contribution in [2.24, 2.45) is 0 Å². The van der Waals surface area contributed by atoms with Crippen LogP contribution in [0.4, 0.5) is 0 Å². The number of morpholine rings is 1. The molecule has 6 nitrogen and oxygen atoms in total. The minimum absolute atomic E-state index is 0.00538. The lowest BCUT2D eigenvalue weighted by Gasteiger charge is -2.36. The molecule has 1 unspecified atom stereocenters. The first-order valence-electron chi connectivity index (χ1n) is 8.50. The number of ether oxygens (including phenoxy) is 1. The molecule has 0 saturated carbocycles. The molecule has 3 heterocycles. The zero-order valence-electron chi connectivity index (χ0n) is 13.9. The number of nitrogens with one attached hydrogen (secondary N) is 1. The van der Waals surface area contributed by atoms with E-state index >= 15 is 0 Å². The van der Waals surface area contributed by atoms with Crippen molar-refractivity contribution in [3.8, 4) is 0 Å². The summed E-state index contributed by atoms with van der Waals surface area (Å²) in [5.41, 5.74) is 2.29. The molecule has 2 amide bonds. The Hall–Kier alpha value is -1.99. The lowest BCUT2D eigenvalue weighted by Crippen LogP contribution is -2.52. The smallest absolute Gasteiger partial charge is 0.242 e. The summed E-state index contributed by atoms with van der Waals surface area (Å²) in [7, 11) is 0. The van der Waals surface area contributed by atoms with Gasteiger partial charge in [0.1, 0.15) is 6.54 Å². The Labute approximate surface area is 150 Å². The van der Waals surface area contributed by atoms with Gasteiger partial charge in [-0.15, -0.1) is 11.8 Å². The van der Waals surface area contributed by atoms with Crippen molar-refractivity contribution < 1.29 is 14.3 Å². The van der Waals surface area contributed by atoms with Crippen LogP contribution in [-0.4, -0.2) is 70.6 Å². The van der Waals surface area contributed by atoms with Crippen LogP contribution in [0.5, 0.6) is 0 Å². The minimum atomic E-state index is 0.00538. The van der Waals surface area contributed by atoms with Gasteiger partial charge in [-0.25, -0.2) is 0 Å².